The lowest BCUT2D eigenvalue weighted by Gasteiger charge is -2.12. The van der Waals surface area contributed by atoms with Crippen LogP contribution in [0.1, 0.15) is 6.92 Å². The van der Waals surface area contributed by atoms with Crippen LogP contribution in [0.2, 0.25) is 0 Å². The maximum absolute atomic E-state index is 6.01. The van der Waals surface area contributed by atoms with Crippen LogP contribution in [-0.2, 0) is 0 Å². The highest BCUT2D eigenvalue weighted by molar-refractivity contribution is 5.89. The van der Waals surface area contributed by atoms with Crippen molar-refractivity contribution in [2.45, 2.75) is 6.92 Å². The van der Waals surface area contributed by atoms with Crippen LogP contribution in [0, 0.1) is 0 Å². The molecule has 4 heteroatoms. The van der Waals surface area contributed by atoms with Crippen molar-refractivity contribution in [1.29, 1.82) is 0 Å². The molecule has 0 aliphatic rings. The summed E-state index contributed by atoms with van der Waals surface area (Å²) < 4.78 is 11.4. The van der Waals surface area contributed by atoms with Gasteiger partial charge in [0.15, 0.2) is 5.75 Å². The van der Waals surface area contributed by atoms with E-state index in [0.29, 0.717) is 23.8 Å². The van der Waals surface area contributed by atoms with Gasteiger partial charge in [0.2, 0.25) is 0 Å². The number of nitrogen functional groups attached to an aromatic ring is 1. The van der Waals surface area contributed by atoms with Crippen LogP contribution < -0.4 is 15.2 Å². The van der Waals surface area contributed by atoms with Crippen molar-refractivity contribution in [3.63, 3.8) is 0 Å². The Hall–Kier alpha value is -2.75. The molecule has 0 atom stereocenters. The topological polar surface area (TPSA) is 57.4 Å². The molecule has 0 spiro atoms. The lowest BCUT2D eigenvalue weighted by molar-refractivity contribution is 0.338. The second kappa shape index (κ2) is 5.71. The normalized spacial score (nSPS) is 10.5. The van der Waals surface area contributed by atoms with Crippen LogP contribution in [0.4, 0.5) is 5.69 Å². The van der Waals surface area contributed by atoms with Gasteiger partial charge in [-0.2, -0.15) is 0 Å². The van der Waals surface area contributed by atoms with E-state index >= 15 is 0 Å². The summed E-state index contributed by atoms with van der Waals surface area (Å²) in [5.41, 5.74) is 7.37. The summed E-state index contributed by atoms with van der Waals surface area (Å²) in [6.45, 7) is 2.56. The number of hydrogen-bond donors (Lipinski definition) is 1. The van der Waals surface area contributed by atoms with Gasteiger partial charge in [0.25, 0.3) is 0 Å². The van der Waals surface area contributed by atoms with Gasteiger partial charge < -0.3 is 15.2 Å². The van der Waals surface area contributed by atoms with Gasteiger partial charge in [0.1, 0.15) is 11.5 Å². The van der Waals surface area contributed by atoms with Gasteiger partial charge in [-0.25, -0.2) is 0 Å². The van der Waals surface area contributed by atoms with Crippen molar-refractivity contribution >= 4 is 16.6 Å². The fourth-order valence-corrected chi connectivity index (χ4v) is 2.16. The molecule has 0 amide bonds. The lowest BCUT2D eigenvalue weighted by Crippen LogP contribution is -1.96. The molecule has 3 aromatic rings. The van der Waals surface area contributed by atoms with Crippen LogP contribution in [0.5, 0.6) is 17.2 Å². The van der Waals surface area contributed by atoms with E-state index in [0.717, 1.165) is 16.7 Å². The van der Waals surface area contributed by atoms with Crippen molar-refractivity contribution in [3.05, 3.63) is 54.7 Å². The number of nitrogens with zero attached hydrogens (tertiary/aromatic N) is 1. The second-order valence-corrected chi connectivity index (χ2v) is 4.57. The Morgan fingerprint density at radius 3 is 2.71 bits per heavy atom. The number of benzene rings is 2. The Kier molecular flexibility index (Phi) is 3.60. The zero-order valence-corrected chi connectivity index (χ0v) is 11.7. The minimum absolute atomic E-state index is 0.510. The number of anilines is 1. The van der Waals surface area contributed by atoms with Crippen molar-refractivity contribution in [3.8, 4) is 17.2 Å². The molecule has 0 aliphatic carbocycles. The smallest absolute Gasteiger partial charge is 0.161 e. The molecule has 0 radical (unpaired) electrons. The molecule has 106 valence electrons. The first kappa shape index (κ1) is 13.2. The molecule has 0 saturated heterocycles. The molecule has 4 nitrogen and oxygen atoms in total. The molecule has 0 aliphatic heterocycles. The minimum atomic E-state index is 0.510. The molecular formula is C17H16N2O2. The molecule has 2 N–H and O–H groups in total. The number of rotatable bonds is 4. The standard InChI is InChI=1S/C17H16N2O2/c1-2-20-12-6-5-7-13(10-12)21-17-14-8-3-4-9-16(14)19-11-15(17)18/h3-11H,2,18H2,1H3. The van der Waals surface area contributed by atoms with E-state index < -0.39 is 0 Å². The van der Waals surface area contributed by atoms with E-state index in [4.69, 9.17) is 15.2 Å². The van der Waals surface area contributed by atoms with Crippen LogP contribution in [0.25, 0.3) is 10.9 Å². The zero-order chi connectivity index (χ0) is 14.7. The summed E-state index contributed by atoms with van der Waals surface area (Å²) in [6.07, 6.45) is 1.62. The van der Waals surface area contributed by atoms with Crippen molar-refractivity contribution < 1.29 is 9.47 Å². The third kappa shape index (κ3) is 2.74. The molecule has 0 fully saturated rings. The molecule has 1 heterocycles. The summed E-state index contributed by atoms with van der Waals surface area (Å²) in [4.78, 5) is 4.30. The van der Waals surface area contributed by atoms with Gasteiger partial charge in [-0.15, -0.1) is 0 Å². The predicted octanol–water partition coefficient (Wildman–Crippen LogP) is 4.01. The lowest BCUT2D eigenvalue weighted by atomic mass is 10.2. The number of aromatic nitrogens is 1. The quantitative estimate of drug-likeness (QED) is 0.784. The molecule has 3 rings (SSSR count). The Morgan fingerprint density at radius 2 is 1.86 bits per heavy atom. The monoisotopic (exact) mass is 280 g/mol. The third-order valence-corrected chi connectivity index (χ3v) is 3.09. The van der Waals surface area contributed by atoms with E-state index in [1.54, 1.807) is 6.20 Å². The van der Waals surface area contributed by atoms with Gasteiger partial charge in [-0.1, -0.05) is 18.2 Å². The van der Waals surface area contributed by atoms with Crippen LogP contribution in [-0.4, -0.2) is 11.6 Å². The number of ether oxygens (including phenoxy) is 2. The molecule has 0 bridgehead atoms. The van der Waals surface area contributed by atoms with Crippen molar-refractivity contribution in [2.24, 2.45) is 0 Å². The Balaban J connectivity index is 2.01. The van der Waals surface area contributed by atoms with E-state index in [1.165, 1.54) is 0 Å². The highest BCUT2D eigenvalue weighted by Crippen LogP contribution is 2.34. The maximum atomic E-state index is 6.01. The molecule has 2 aromatic carbocycles. The van der Waals surface area contributed by atoms with E-state index in [2.05, 4.69) is 4.98 Å². The fourth-order valence-electron chi connectivity index (χ4n) is 2.16. The van der Waals surface area contributed by atoms with Gasteiger partial charge >= 0.3 is 0 Å². The summed E-state index contributed by atoms with van der Waals surface area (Å²) in [7, 11) is 0. The molecule has 0 saturated carbocycles. The summed E-state index contributed by atoms with van der Waals surface area (Å²) in [6, 6.07) is 15.2. The fraction of sp³-hybridized carbons (Fsp3) is 0.118. The van der Waals surface area contributed by atoms with E-state index in [1.807, 2.05) is 55.5 Å². The Morgan fingerprint density at radius 1 is 1.05 bits per heavy atom. The number of fused-ring (bicyclic) bond motifs is 1. The van der Waals surface area contributed by atoms with Gasteiger partial charge in [-0.05, 0) is 31.2 Å². The van der Waals surface area contributed by atoms with Gasteiger partial charge in [0, 0.05) is 11.5 Å². The zero-order valence-electron chi connectivity index (χ0n) is 11.7. The average Bonchev–Trinajstić information content (AvgIpc) is 2.51. The highest BCUT2D eigenvalue weighted by Gasteiger charge is 2.09. The summed E-state index contributed by atoms with van der Waals surface area (Å²) >= 11 is 0. The Labute approximate surface area is 123 Å². The molecule has 0 unspecified atom stereocenters. The minimum Gasteiger partial charge on any atom is -0.494 e. The largest absolute Gasteiger partial charge is 0.494 e. The van der Waals surface area contributed by atoms with Gasteiger partial charge in [-0.3, -0.25) is 4.98 Å². The molecule has 21 heavy (non-hydrogen) atoms. The first-order valence-electron chi connectivity index (χ1n) is 6.82. The Bertz CT molecular complexity index is 772. The predicted molar refractivity (Wildman–Crippen MR) is 83.8 cm³/mol. The first-order chi connectivity index (χ1) is 10.3. The number of para-hydroxylation sites is 1. The SMILES string of the molecule is CCOc1cccc(Oc2c(N)cnc3ccccc23)c1. The number of pyridine rings is 1. The second-order valence-electron chi connectivity index (χ2n) is 4.57. The van der Waals surface area contributed by atoms with Crippen molar-refractivity contribution in [2.75, 3.05) is 12.3 Å². The number of hydrogen-bond acceptors (Lipinski definition) is 4. The van der Waals surface area contributed by atoms with Gasteiger partial charge in [0.05, 0.1) is 24.0 Å². The van der Waals surface area contributed by atoms with Crippen molar-refractivity contribution in [1.82, 2.24) is 4.98 Å². The first-order valence-corrected chi connectivity index (χ1v) is 6.82. The molecule has 1 aromatic heterocycles. The maximum Gasteiger partial charge on any atom is 0.161 e. The van der Waals surface area contributed by atoms with Crippen LogP contribution in [0.15, 0.2) is 54.7 Å². The van der Waals surface area contributed by atoms with Crippen LogP contribution >= 0.6 is 0 Å². The highest BCUT2D eigenvalue weighted by atomic mass is 16.5. The van der Waals surface area contributed by atoms with E-state index in [9.17, 15) is 0 Å². The number of nitrogens with two attached hydrogens (primary N) is 1. The molecular weight excluding hydrogens is 264 g/mol. The van der Waals surface area contributed by atoms with Crippen LogP contribution in [0.3, 0.4) is 0 Å². The third-order valence-electron chi connectivity index (χ3n) is 3.09. The summed E-state index contributed by atoms with van der Waals surface area (Å²) in [5, 5.41) is 0.888. The average molecular weight is 280 g/mol. The summed E-state index contributed by atoms with van der Waals surface area (Å²) in [5.74, 6) is 2.07. The van der Waals surface area contributed by atoms with E-state index in [-0.39, 0.29) is 0 Å².